The number of nitrogens with zero attached hydrogens (tertiary/aromatic N) is 2. The van der Waals surface area contributed by atoms with Gasteiger partial charge in [-0.3, -0.25) is 9.59 Å². The van der Waals surface area contributed by atoms with Gasteiger partial charge in [-0.2, -0.15) is 5.10 Å². The molecule has 0 radical (unpaired) electrons. The number of hydrogen-bond acceptors (Lipinski definition) is 5. The van der Waals surface area contributed by atoms with Crippen LogP contribution >= 0.6 is 11.6 Å². The Balaban J connectivity index is 1.58. The molecule has 1 aromatic heterocycles. The molecule has 0 atom stereocenters. The average Bonchev–Trinajstić information content (AvgIpc) is 3.15. The summed E-state index contributed by atoms with van der Waals surface area (Å²) in [5.74, 6) is 0.725. The molecule has 28 heavy (non-hydrogen) atoms. The highest BCUT2D eigenvalue weighted by molar-refractivity contribution is 6.32. The van der Waals surface area contributed by atoms with Crippen molar-refractivity contribution in [1.29, 1.82) is 0 Å². The first-order valence-corrected chi connectivity index (χ1v) is 8.93. The minimum absolute atomic E-state index is 0.181. The Morgan fingerprint density at radius 2 is 1.96 bits per heavy atom. The van der Waals surface area contributed by atoms with Gasteiger partial charge in [-0.05, 0) is 36.8 Å². The van der Waals surface area contributed by atoms with E-state index in [2.05, 4.69) is 10.4 Å². The predicted octanol–water partition coefficient (Wildman–Crippen LogP) is 2.85. The number of aryl methyl sites for hydroxylation is 1. The van der Waals surface area contributed by atoms with Crippen molar-refractivity contribution in [2.45, 2.75) is 13.5 Å². The first kappa shape index (κ1) is 18.1. The minimum atomic E-state index is -0.566. The lowest BCUT2D eigenvalue weighted by atomic mass is 10.2. The number of rotatable bonds is 4. The molecule has 1 aliphatic heterocycles. The molecular formula is C20H16ClN3O4. The maximum atomic E-state index is 12.6. The maximum absolute atomic E-state index is 12.6. The molecule has 0 fully saturated rings. The fourth-order valence-corrected chi connectivity index (χ4v) is 3.10. The molecule has 1 aliphatic rings. The summed E-state index contributed by atoms with van der Waals surface area (Å²) in [6.45, 7) is 2.13. The lowest BCUT2D eigenvalue weighted by molar-refractivity contribution is 0.0943. The van der Waals surface area contributed by atoms with E-state index in [1.54, 1.807) is 43.3 Å². The van der Waals surface area contributed by atoms with Crippen LogP contribution in [0.2, 0.25) is 5.02 Å². The third-order valence-corrected chi connectivity index (χ3v) is 4.61. The molecule has 2 heterocycles. The van der Waals surface area contributed by atoms with Crippen LogP contribution in [0.15, 0.2) is 53.3 Å². The van der Waals surface area contributed by atoms with E-state index in [4.69, 9.17) is 21.1 Å². The normalized spacial score (nSPS) is 12.1. The van der Waals surface area contributed by atoms with Crippen LogP contribution in [-0.2, 0) is 6.54 Å². The van der Waals surface area contributed by atoms with E-state index in [1.807, 2.05) is 6.07 Å². The third kappa shape index (κ3) is 3.44. The second-order valence-electron chi connectivity index (χ2n) is 6.23. The Morgan fingerprint density at radius 3 is 2.79 bits per heavy atom. The third-order valence-electron chi connectivity index (χ3n) is 4.29. The Morgan fingerprint density at radius 1 is 1.18 bits per heavy atom. The first-order chi connectivity index (χ1) is 13.5. The van der Waals surface area contributed by atoms with Crippen molar-refractivity contribution in [2.24, 2.45) is 0 Å². The summed E-state index contributed by atoms with van der Waals surface area (Å²) in [6, 6.07) is 13.8. The highest BCUT2D eigenvalue weighted by atomic mass is 35.5. The van der Waals surface area contributed by atoms with Crippen molar-refractivity contribution >= 4 is 17.5 Å². The van der Waals surface area contributed by atoms with E-state index in [0.29, 0.717) is 27.9 Å². The molecular weight excluding hydrogens is 382 g/mol. The molecule has 0 saturated heterocycles. The maximum Gasteiger partial charge on any atom is 0.276 e. The van der Waals surface area contributed by atoms with Crippen molar-refractivity contribution in [3.05, 3.63) is 80.7 Å². The molecule has 4 rings (SSSR count). The molecule has 2 aromatic carbocycles. The lowest BCUT2D eigenvalue weighted by Gasteiger charge is -2.12. The van der Waals surface area contributed by atoms with Crippen molar-refractivity contribution in [3.63, 3.8) is 0 Å². The average molecular weight is 398 g/mol. The standard InChI is InChI=1S/C20H16ClN3O4/c1-12-8-16(25)19(23-24(12)15-5-3-2-4-14(15)21)20(26)22-10-13-6-7-17-18(9-13)28-11-27-17/h2-9H,10-11H2,1H3,(H,22,26). The van der Waals surface area contributed by atoms with Gasteiger partial charge in [0.25, 0.3) is 5.91 Å². The molecule has 0 unspecified atom stereocenters. The molecule has 7 nitrogen and oxygen atoms in total. The van der Waals surface area contributed by atoms with Crippen LogP contribution in [0.25, 0.3) is 5.69 Å². The van der Waals surface area contributed by atoms with Gasteiger partial charge < -0.3 is 14.8 Å². The molecule has 0 spiro atoms. The first-order valence-electron chi connectivity index (χ1n) is 8.55. The number of aromatic nitrogens is 2. The Labute approximate surface area is 165 Å². The van der Waals surface area contributed by atoms with Gasteiger partial charge >= 0.3 is 0 Å². The number of amides is 1. The van der Waals surface area contributed by atoms with Gasteiger partial charge in [0.2, 0.25) is 12.2 Å². The Hall–Kier alpha value is -3.32. The van der Waals surface area contributed by atoms with E-state index in [9.17, 15) is 9.59 Å². The Bertz CT molecular complexity index is 1130. The van der Waals surface area contributed by atoms with Crippen LogP contribution in [-0.4, -0.2) is 22.5 Å². The number of carbonyl (C=O) groups excluding carboxylic acids is 1. The van der Waals surface area contributed by atoms with Crippen LogP contribution in [0.5, 0.6) is 11.5 Å². The fourth-order valence-electron chi connectivity index (χ4n) is 2.89. The highest BCUT2D eigenvalue weighted by Crippen LogP contribution is 2.32. The molecule has 8 heteroatoms. The number of ether oxygens (including phenoxy) is 2. The van der Waals surface area contributed by atoms with Crippen molar-refractivity contribution < 1.29 is 14.3 Å². The largest absolute Gasteiger partial charge is 0.454 e. The minimum Gasteiger partial charge on any atom is -0.454 e. The van der Waals surface area contributed by atoms with Crippen LogP contribution in [0.4, 0.5) is 0 Å². The number of nitrogens with one attached hydrogen (secondary N) is 1. The quantitative estimate of drug-likeness (QED) is 0.732. The van der Waals surface area contributed by atoms with Gasteiger partial charge in [0.05, 0.1) is 10.7 Å². The van der Waals surface area contributed by atoms with Gasteiger partial charge in [-0.25, -0.2) is 4.68 Å². The van der Waals surface area contributed by atoms with Gasteiger partial charge in [-0.1, -0.05) is 29.8 Å². The number of para-hydroxylation sites is 1. The fraction of sp³-hybridized carbons (Fsp3) is 0.150. The Kier molecular flexibility index (Phi) is 4.75. The van der Waals surface area contributed by atoms with E-state index in [-0.39, 0.29) is 19.0 Å². The lowest BCUT2D eigenvalue weighted by Crippen LogP contribution is -2.31. The molecule has 0 bridgehead atoms. The predicted molar refractivity (Wildman–Crippen MR) is 103 cm³/mol. The summed E-state index contributed by atoms with van der Waals surface area (Å²) >= 11 is 6.23. The van der Waals surface area contributed by atoms with Crippen LogP contribution in [0, 0.1) is 6.92 Å². The zero-order chi connectivity index (χ0) is 19.7. The molecule has 0 aliphatic carbocycles. The van der Waals surface area contributed by atoms with Gasteiger partial charge in [-0.15, -0.1) is 0 Å². The van der Waals surface area contributed by atoms with Gasteiger partial charge in [0.15, 0.2) is 17.2 Å². The van der Waals surface area contributed by atoms with Gasteiger partial charge in [0.1, 0.15) is 0 Å². The number of hydrogen-bond donors (Lipinski definition) is 1. The topological polar surface area (TPSA) is 82.5 Å². The molecule has 3 aromatic rings. The zero-order valence-corrected chi connectivity index (χ0v) is 15.7. The summed E-state index contributed by atoms with van der Waals surface area (Å²) in [5.41, 5.74) is 1.32. The van der Waals surface area contributed by atoms with Gasteiger partial charge in [0, 0.05) is 18.3 Å². The zero-order valence-electron chi connectivity index (χ0n) is 14.9. The molecule has 0 saturated carbocycles. The molecule has 142 valence electrons. The highest BCUT2D eigenvalue weighted by Gasteiger charge is 2.17. The number of fused-ring (bicyclic) bond motifs is 1. The second-order valence-corrected chi connectivity index (χ2v) is 6.64. The van der Waals surface area contributed by atoms with Crippen LogP contribution in [0.3, 0.4) is 0 Å². The summed E-state index contributed by atoms with van der Waals surface area (Å²) in [7, 11) is 0. The smallest absolute Gasteiger partial charge is 0.276 e. The van der Waals surface area contributed by atoms with E-state index < -0.39 is 11.3 Å². The van der Waals surface area contributed by atoms with E-state index >= 15 is 0 Å². The van der Waals surface area contributed by atoms with Crippen molar-refractivity contribution in [2.75, 3.05) is 6.79 Å². The monoisotopic (exact) mass is 397 g/mol. The van der Waals surface area contributed by atoms with Crippen molar-refractivity contribution in [3.8, 4) is 17.2 Å². The van der Waals surface area contributed by atoms with Crippen molar-refractivity contribution in [1.82, 2.24) is 15.1 Å². The van der Waals surface area contributed by atoms with E-state index in [0.717, 1.165) is 5.56 Å². The number of carbonyl (C=O) groups is 1. The summed E-state index contributed by atoms with van der Waals surface area (Å²) in [4.78, 5) is 24.9. The second kappa shape index (κ2) is 7.36. The summed E-state index contributed by atoms with van der Waals surface area (Å²) in [6.07, 6.45) is 0. The SMILES string of the molecule is Cc1cc(=O)c(C(=O)NCc2ccc3c(c2)OCO3)nn1-c1ccccc1Cl. The molecule has 1 amide bonds. The van der Waals surface area contributed by atoms with Crippen LogP contribution < -0.4 is 20.2 Å². The summed E-state index contributed by atoms with van der Waals surface area (Å²) < 4.78 is 12.1. The number of halogens is 1. The summed E-state index contributed by atoms with van der Waals surface area (Å²) in [5, 5.41) is 7.42. The number of benzene rings is 2. The van der Waals surface area contributed by atoms with E-state index in [1.165, 1.54) is 10.7 Å². The van der Waals surface area contributed by atoms with Crippen LogP contribution in [0.1, 0.15) is 21.7 Å². The molecule has 1 N–H and O–H groups in total.